The summed E-state index contributed by atoms with van der Waals surface area (Å²) in [5, 5.41) is 3.16. The largest absolute Gasteiger partial charge is 0.491 e. The van der Waals surface area contributed by atoms with Crippen molar-refractivity contribution in [2.24, 2.45) is 0 Å². The van der Waals surface area contributed by atoms with E-state index in [1.807, 2.05) is 35.2 Å². The number of ether oxygens (including phenoxy) is 2. The van der Waals surface area contributed by atoms with Crippen LogP contribution in [-0.4, -0.2) is 49.4 Å². The van der Waals surface area contributed by atoms with Crippen LogP contribution in [0.3, 0.4) is 0 Å². The van der Waals surface area contributed by atoms with Gasteiger partial charge in [0.25, 0.3) is 0 Å². The van der Waals surface area contributed by atoms with E-state index in [1.54, 1.807) is 0 Å². The van der Waals surface area contributed by atoms with Crippen LogP contribution in [0.5, 0.6) is 5.75 Å². The first-order valence-electron chi connectivity index (χ1n) is 9.16. The average molecular weight is 332 g/mol. The summed E-state index contributed by atoms with van der Waals surface area (Å²) in [6.07, 6.45) is 6.80. The fourth-order valence-electron chi connectivity index (χ4n) is 3.45. The van der Waals surface area contributed by atoms with Gasteiger partial charge in [0.05, 0.1) is 12.7 Å². The zero-order valence-corrected chi connectivity index (χ0v) is 14.3. The Hall–Kier alpha value is -1.75. The third-order valence-corrected chi connectivity index (χ3v) is 4.86. The second kappa shape index (κ2) is 8.92. The van der Waals surface area contributed by atoms with Crippen LogP contribution < -0.4 is 10.1 Å². The molecule has 1 saturated heterocycles. The van der Waals surface area contributed by atoms with Gasteiger partial charge in [-0.25, -0.2) is 4.79 Å². The second-order valence-corrected chi connectivity index (χ2v) is 6.65. The Bertz CT molecular complexity index is 495. The molecule has 2 aliphatic rings. The number of benzene rings is 1. The summed E-state index contributed by atoms with van der Waals surface area (Å²) in [7, 11) is 0. The van der Waals surface area contributed by atoms with E-state index in [9.17, 15) is 4.79 Å². The highest BCUT2D eigenvalue weighted by Gasteiger charge is 2.25. The van der Waals surface area contributed by atoms with Crippen molar-refractivity contribution in [3.05, 3.63) is 30.3 Å². The summed E-state index contributed by atoms with van der Waals surface area (Å²) in [4.78, 5) is 14.2. The lowest BCUT2D eigenvalue weighted by atomic mass is 10.1. The molecule has 1 aliphatic heterocycles. The maximum atomic E-state index is 12.2. The van der Waals surface area contributed by atoms with Crippen molar-refractivity contribution < 1.29 is 14.3 Å². The Morgan fingerprint density at radius 1 is 1.04 bits per heavy atom. The molecule has 0 radical (unpaired) electrons. The fraction of sp³-hybridized carbons (Fsp3) is 0.632. The van der Waals surface area contributed by atoms with Gasteiger partial charge in [0.2, 0.25) is 0 Å². The maximum Gasteiger partial charge on any atom is 0.317 e. The highest BCUT2D eigenvalue weighted by Crippen LogP contribution is 2.19. The minimum Gasteiger partial charge on any atom is -0.491 e. The molecule has 1 aromatic rings. The highest BCUT2D eigenvalue weighted by molar-refractivity contribution is 5.74. The predicted molar refractivity (Wildman–Crippen MR) is 93.3 cm³/mol. The molecule has 1 N–H and O–H groups in total. The van der Waals surface area contributed by atoms with Crippen LogP contribution in [0.15, 0.2) is 30.3 Å². The Balaban J connectivity index is 1.28. The summed E-state index contributed by atoms with van der Waals surface area (Å²) in [6.45, 7) is 2.71. The zero-order valence-electron chi connectivity index (χ0n) is 14.3. The number of urea groups is 1. The summed E-state index contributed by atoms with van der Waals surface area (Å²) >= 11 is 0. The van der Waals surface area contributed by atoms with Crippen LogP contribution in [0.1, 0.15) is 38.5 Å². The number of piperidine rings is 1. The van der Waals surface area contributed by atoms with Crippen molar-refractivity contribution in [2.45, 2.75) is 50.7 Å². The number of likely N-dealkylation sites (tertiary alicyclic amines) is 1. The predicted octanol–water partition coefficient (Wildman–Crippen LogP) is 3.20. The van der Waals surface area contributed by atoms with Crippen LogP contribution in [0.2, 0.25) is 0 Å². The van der Waals surface area contributed by atoms with Crippen LogP contribution in [0.4, 0.5) is 4.79 Å². The summed E-state index contributed by atoms with van der Waals surface area (Å²) in [5.41, 5.74) is 0. The summed E-state index contributed by atoms with van der Waals surface area (Å²) in [6, 6.07) is 10.3. The van der Waals surface area contributed by atoms with E-state index in [0.29, 0.717) is 19.3 Å². The van der Waals surface area contributed by atoms with Gasteiger partial charge in [0.1, 0.15) is 12.4 Å². The van der Waals surface area contributed by atoms with Gasteiger partial charge in [-0.2, -0.15) is 0 Å². The van der Waals surface area contributed by atoms with Crippen molar-refractivity contribution in [1.82, 2.24) is 10.2 Å². The smallest absolute Gasteiger partial charge is 0.317 e. The van der Waals surface area contributed by atoms with Gasteiger partial charge in [0, 0.05) is 19.1 Å². The molecule has 24 heavy (non-hydrogen) atoms. The molecule has 1 saturated carbocycles. The third-order valence-electron chi connectivity index (χ3n) is 4.86. The topological polar surface area (TPSA) is 50.8 Å². The van der Waals surface area contributed by atoms with E-state index >= 15 is 0 Å². The molecule has 1 aliphatic carbocycles. The van der Waals surface area contributed by atoms with Crippen molar-refractivity contribution >= 4 is 6.03 Å². The first-order valence-corrected chi connectivity index (χ1v) is 9.16. The number of hydrogen-bond acceptors (Lipinski definition) is 3. The van der Waals surface area contributed by atoms with E-state index in [0.717, 1.165) is 44.5 Å². The molecule has 0 atom stereocenters. The normalized spacial score (nSPS) is 19.4. The molecular weight excluding hydrogens is 304 g/mol. The highest BCUT2D eigenvalue weighted by atomic mass is 16.5. The molecule has 2 amide bonds. The third kappa shape index (κ3) is 5.13. The van der Waals surface area contributed by atoms with Gasteiger partial charge in [-0.15, -0.1) is 0 Å². The lowest BCUT2D eigenvalue weighted by molar-refractivity contribution is 0.00174. The molecule has 2 fully saturated rings. The minimum atomic E-state index is 0.104. The average Bonchev–Trinajstić information content (AvgIpc) is 3.13. The quantitative estimate of drug-likeness (QED) is 0.814. The Morgan fingerprint density at radius 2 is 1.75 bits per heavy atom. The number of para-hydroxylation sites is 1. The van der Waals surface area contributed by atoms with Gasteiger partial charge >= 0.3 is 6.03 Å². The van der Waals surface area contributed by atoms with Gasteiger partial charge in [-0.3, -0.25) is 0 Å². The molecule has 1 heterocycles. The number of rotatable bonds is 6. The lowest BCUT2D eigenvalue weighted by Gasteiger charge is -2.32. The fourth-order valence-corrected chi connectivity index (χ4v) is 3.45. The molecule has 3 rings (SSSR count). The minimum absolute atomic E-state index is 0.104. The Kier molecular flexibility index (Phi) is 6.35. The van der Waals surface area contributed by atoms with E-state index in [-0.39, 0.29) is 12.1 Å². The van der Waals surface area contributed by atoms with E-state index in [1.165, 1.54) is 12.8 Å². The first-order chi connectivity index (χ1) is 11.8. The molecule has 0 unspecified atom stereocenters. The Morgan fingerprint density at radius 3 is 2.46 bits per heavy atom. The number of carbonyl (C=O) groups excluding carboxylic acids is 1. The van der Waals surface area contributed by atoms with Crippen LogP contribution in [0.25, 0.3) is 0 Å². The first kappa shape index (κ1) is 17.1. The van der Waals surface area contributed by atoms with Gasteiger partial charge < -0.3 is 19.7 Å². The molecule has 5 heteroatoms. The molecule has 1 aromatic carbocycles. The maximum absolute atomic E-state index is 12.2. The molecule has 0 spiro atoms. The molecule has 0 aromatic heterocycles. The lowest BCUT2D eigenvalue weighted by Crippen LogP contribution is -2.48. The SMILES string of the molecule is O=C(NC1CCCC1)N1CCC(OCCOc2ccccc2)CC1. The van der Waals surface area contributed by atoms with E-state index in [4.69, 9.17) is 9.47 Å². The van der Waals surface area contributed by atoms with Crippen molar-refractivity contribution in [3.63, 3.8) is 0 Å². The molecular formula is C19H28N2O3. The number of nitrogens with one attached hydrogen (secondary N) is 1. The standard InChI is InChI=1S/C19H28N2O3/c22-19(20-16-6-4-5-7-16)21-12-10-18(11-13-21)24-15-14-23-17-8-2-1-3-9-17/h1-3,8-9,16,18H,4-7,10-15H2,(H,20,22). The van der Waals surface area contributed by atoms with Crippen molar-refractivity contribution in [2.75, 3.05) is 26.3 Å². The summed E-state index contributed by atoms with van der Waals surface area (Å²) < 4.78 is 11.5. The zero-order chi connectivity index (χ0) is 16.6. The number of carbonyl (C=O) groups is 1. The van der Waals surface area contributed by atoms with E-state index in [2.05, 4.69) is 5.32 Å². The molecule has 0 bridgehead atoms. The van der Waals surface area contributed by atoms with Gasteiger partial charge in [-0.1, -0.05) is 31.0 Å². The van der Waals surface area contributed by atoms with Crippen LogP contribution in [-0.2, 0) is 4.74 Å². The monoisotopic (exact) mass is 332 g/mol. The van der Waals surface area contributed by atoms with Crippen LogP contribution in [0, 0.1) is 0 Å². The van der Waals surface area contributed by atoms with E-state index < -0.39 is 0 Å². The van der Waals surface area contributed by atoms with Crippen molar-refractivity contribution in [1.29, 1.82) is 0 Å². The second-order valence-electron chi connectivity index (χ2n) is 6.65. The summed E-state index contributed by atoms with van der Waals surface area (Å²) in [5.74, 6) is 0.875. The van der Waals surface area contributed by atoms with Crippen molar-refractivity contribution in [3.8, 4) is 5.75 Å². The van der Waals surface area contributed by atoms with Crippen LogP contribution >= 0.6 is 0 Å². The number of amides is 2. The van der Waals surface area contributed by atoms with Gasteiger partial charge in [-0.05, 0) is 37.8 Å². The Labute approximate surface area is 144 Å². The van der Waals surface area contributed by atoms with Gasteiger partial charge in [0.15, 0.2) is 0 Å². The number of nitrogens with zero attached hydrogens (tertiary/aromatic N) is 1. The number of hydrogen-bond donors (Lipinski definition) is 1. The molecule has 132 valence electrons. The molecule has 5 nitrogen and oxygen atoms in total.